The number of carbonyl (C=O) groups excluding carboxylic acids is 1. The van der Waals surface area contributed by atoms with Gasteiger partial charge in [0.25, 0.3) is 0 Å². The summed E-state index contributed by atoms with van der Waals surface area (Å²) in [5, 5.41) is 10.9. The Hall–Kier alpha value is -2.41. The van der Waals surface area contributed by atoms with Crippen LogP contribution in [0.2, 0.25) is 0 Å². The van der Waals surface area contributed by atoms with Gasteiger partial charge in [-0.1, -0.05) is 30.3 Å². The second-order valence-corrected chi connectivity index (χ2v) is 6.54. The third-order valence-electron chi connectivity index (χ3n) is 4.69. The number of rotatable bonds is 5. The highest BCUT2D eigenvalue weighted by molar-refractivity contribution is 5.74. The standard InChI is InChI=1S/C18H26N6O/c1-15(17-21-19-14-22(17)2)20-18(25)24-12-10-23(11-13-24)9-8-16-6-4-3-5-7-16/h3-7,14-15H,8-13H2,1-2H3,(H,20,25)/t15-/m1/s1. The molecule has 0 bridgehead atoms. The zero-order valence-corrected chi connectivity index (χ0v) is 14.9. The Bertz CT molecular complexity index is 678. The van der Waals surface area contributed by atoms with E-state index in [0.29, 0.717) is 0 Å². The Morgan fingerprint density at radius 2 is 1.92 bits per heavy atom. The largest absolute Gasteiger partial charge is 0.328 e. The first-order chi connectivity index (χ1) is 12.1. The molecule has 1 aromatic carbocycles. The number of nitrogens with zero attached hydrogens (tertiary/aromatic N) is 5. The van der Waals surface area contributed by atoms with Gasteiger partial charge < -0.3 is 14.8 Å². The van der Waals surface area contributed by atoms with Gasteiger partial charge in [-0.2, -0.15) is 0 Å². The average Bonchev–Trinajstić information content (AvgIpc) is 3.07. The molecule has 2 aromatic rings. The molecule has 2 heterocycles. The minimum atomic E-state index is -0.156. The molecule has 1 fully saturated rings. The quantitative estimate of drug-likeness (QED) is 0.893. The lowest BCUT2D eigenvalue weighted by Gasteiger charge is -2.35. The number of aromatic nitrogens is 3. The summed E-state index contributed by atoms with van der Waals surface area (Å²) >= 11 is 0. The van der Waals surface area contributed by atoms with Crippen LogP contribution in [-0.4, -0.2) is 63.3 Å². The number of nitrogens with one attached hydrogen (secondary N) is 1. The van der Waals surface area contributed by atoms with Crippen LogP contribution < -0.4 is 5.32 Å². The van der Waals surface area contributed by atoms with Gasteiger partial charge >= 0.3 is 6.03 Å². The van der Waals surface area contributed by atoms with Crippen LogP contribution in [-0.2, 0) is 13.5 Å². The Balaban J connectivity index is 1.42. The Kier molecular flexibility index (Phi) is 5.65. The van der Waals surface area contributed by atoms with Crippen molar-refractivity contribution in [3.8, 4) is 0 Å². The van der Waals surface area contributed by atoms with Gasteiger partial charge in [0, 0.05) is 39.8 Å². The number of aryl methyl sites for hydroxylation is 1. The SMILES string of the molecule is C[C@@H](NC(=O)N1CCN(CCc2ccccc2)CC1)c1nncn1C. The maximum absolute atomic E-state index is 12.4. The van der Waals surface area contributed by atoms with Gasteiger partial charge in [0.05, 0.1) is 6.04 Å². The molecule has 25 heavy (non-hydrogen) atoms. The van der Waals surface area contributed by atoms with Gasteiger partial charge in [-0.15, -0.1) is 10.2 Å². The lowest BCUT2D eigenvalue weighted by atomic mass is 10.1. The molecule has 1 aliphatic rings. The van der Waals surface area contributed by atoms with E-state index < -0.39 is 0 Å². The van der Waals surface area contributed by atoms with Crippen molar-refractivity contribution in [2.24, 2.45) is 7.05 Å². The fourth-order valence-corrected chi connectivity index (χ4v) is 3.13. The average molecular weight is 342 g/mol. The summed E-state index contributed by atoms with van der Waals surface area (Å²) in [7, 11) is 1.88. The van der Waals surface area contributed by atoms with E-state index in [-0.39, 0.29) is 12.1 Å². The van der Waals surface area contributed by atoms with Gasteiger partial charge in [-0.05, 0) is 18.9 Å². The van der Waals surface area contributed by atoms with Crippen LogP contribution in [0.5, 0.6) is 0 Å². The van der Waals surface area contributed by atoms with Crippen LogP contribution in [0.15, 0.2) is 36.7 Å². The van der Waals surface area contributed by atoms with Crippen molar-refractivity contribution in [2.75, 3.05) is 32.7 Å². The third kappa shape index (κ3) is 4.57. The molecule has 0 saturated carbocycles. The monoisotopic (exact) mass is 342 g/mol. The molecule has 1 atom stereocenters. The van der Waals surface area contributed by atoms with E-state index in [1.165, 1.54) is 5.56 Å². The molecular weight excluding hydrogens is 316 g/mol. The van der Waals surface area contributed by atoms with Gasteiger partial charge in [0.2, 0.25) is 0 Å². The first-order valence-corrected chi connectivity index (χ1v) is 8.79. The first-order valence-electron chi connectivity index (χ1n) is 8.79. The van der Waals surface area contributed by atoms with E-state index in [4.69, 9.17) is 0 Å². The minimum Gasteiger partial charge on any atom is -0.328 e. The summed E-state index contributed by atoms with van der Waals surface area (Å²) in [6, 6.07) is 10.3. The number of hydrogen-bond acceptors (Lipinski definition) is 4. The molecule has 2 amide bonds. The van der Waals surface area contributed by atoms with E-state index in [1.807, 2.05) is 29.5 Å². The molecular formula is C18H26N6O. The number of piperazine rings is 1. The topological polar surface area (TPSA) is 66.3 Å². The Morgan fingerprint density at radius 1 is 1.20 bits per heavy atom. The summed E-state index contributed by atoms with van der Waals surface area (Å²) in [6.07, 6.45) is 2.69. The highest BCUT2D eigenvalue weighted by Gasteiger charge is 2.23. The molecule has 1 N–H and O–H groups in total. The molecule has 1 aliphatic heterocycles. The minimum absolute atomic E-state index is 0.0294. The highest BCUT2D eigenvalue weighted by atomic mass is 16.2. The number of benzene rings is 1. The van der Waals surface area contributed by atoms with E-state index in [0.717, 1.165) is 45.0 Å². The number of amides is 2. The zero-order chi connectivity index (χ0) is 17.6. The van der Waals surface area contributed by atoms with Crippen molar-refractivity contribution in [1.82, 2.24) is 29.9 Å². The predicted octanol–water partition coefficient (Wildman–Crippen LogP) is 1.45. The van der Waals surface area contributed by atoms with E-state index in [1.54, 1.807) is 6.33 Å². The van der Waals surface area contributed by atoms with E-state index >= 15 is 0 Å². The van der Waals surface area contributed by atoms with Gasteiger partial charge in [-0.25, -0.2) is 4.79 Å². The van der Waals surface area contributed by atoms with Crippen molar-refractivity contribution in [3.63, 3.8) is 0 Å². The van der Waals surface area contributed by atoms with Crippen molar-refractivity contribution in [1.29, 1.82) is 0 Å². The smallest absolute Gasteiger partial charge is 0.318 e. The fourth-order valence-electron chi connectivity index (χ4n) is 3.13. The molecule has 3 rings (SSSR count). The number of carbonyl (C=O) groups is 1. The summed E-state index contributed by atoms with van der Waals surface area (Å²) in [4.78, 5) is 16.7. The number of hydrogen-bond donors (Lipinski definition) is 1. The summed E-state index contributed by atoms with van der Waals surface area (Å²) in [5.41, 5.74) is 1.36. The van der Waals surface area contributed by atoms with Gasteiger partial charge in [0.1, 0.15) is 6.33 Å². The lowest BCUT2D eigenvalue weighted by molar-refractivity contribution is 0.138. The molecule has 7 heteroatoms. The maximum Gasteiger partial charge on any atom is 0.318 e. The summed E-state index contributed by atoms with van der Waals surface area (Å²) in [5.74, 6) is 0.759. The molecule has 1 saturated heterocycles. The molecule has 134 valence electrons. The van der Waals surface area contributed by atoms with E-state index in [2.05, 4.69) is 44.7 Å². The molecule has 0 unspecified atom stereocenters. The maximum atomic E-state index is 12.4. The van der Waals surface area contributed by atoms with Crippen LogP contribution in [0.4, 0.5) is 4.79 Å². The molecule has 0 aliphatic carbocycles. The van der Waals surface area contributed by atoms with Crippen molar-refractivity contribution >= 4 is 6.03 Å². The second-order valence-electron chi connectivity index (χ2n) is 6.54. The van der Waals surface area contributed by atoms with Crippen LogP contribution in [0, 0.1) is 0 Å². The molecule has 1 aromatic heterocycles. The molecule has 0 radical (unpaired) electrons. The van der Waals surface area contributed by atoms with Crippen LogP contribution in [0.1, 0.15) is 24.4 Å². The number of urea groups is 1. The third-order valence-corrected chi connectivity index (χ3v) is 4.69. The molecule has 0 spiro atoms. The van der Waals surface area contributed by atoms with Crippen molar-refractivity contribution in [2.45, 2.75) is 19.4 Å². The predicted molar refractivity (Wildman–Crippen MR) is 96.1 cm³/mol. The lowest BCUT2D eigenvalue weighted by Crippen LogP contribution is -2.52. The summed E-state index contributed by atoms with van der Waals surface area (Å²) < 4.78 is 1.83. The first kappa shape index (κ1) is 17.4. The highest BCUT2D eigenvalue weighted by Crippen LogP contribution is 2.10. The summed E-state index contributed by atoms with van der Waals surface area (Å²) in [6.45, 7) is 6.31. The Morgan fingerprint density at radius 3 is 2.56 bits per heavy atom. The zero-order valence-electron chi connectivity index (χ0n) is 14.9. The molecule has 7 nitrogen and oxygen atoms in total. The van der Waals surface area contributed by atoms with Crippen LogP contribution >= 0.6 is 0 Å². The van der Waals surface area contributed by atoms with Crippen LogP contribution in [0.3, 0.4) is 0 Å². The van der Waals surface area contributed by atoms with Crippen molar-refractivity contribution < 1.29 is 4.79 Å². The van der Waals surface area contributed by atoms with Crippen molar-refractivity contribution in [3.05, 3.63) is 48.0 Å². The fraction of sp³-hybridized carbons (Fsp3) is 0.500. The van der Waals surface area contributed by atoms with Gasteiger partial charge in [-0.3, -0.25) is 4.90 Å². The second kappa shape index (κ2) is 8.11. The van der Waals surface area contributed by atoms with Gasteiger partial charge in [0.15, 0.2) is 5.82 Å². The van der Waals surface area contributed by atoms with Crippen LogP contribution in [0.25, 0.3) is 0 Å². The van der Waals surface area contributed by atoms with E-state index in [9.17, 15) is 4.79 Å². The Labute approximate surface area is 148 Å². The normalized spacial score (nSPS) is 16.6.